The molecule has 2 unspecified atom stereocenters. The molecule has 0 bridgehead atoms. The molecule has 1 aliphatic rings. The first-order valence-corrected chi connectivity index (χ1v) is 4.54. The second kappa shape index (κ2) is 3.96. The summed E-state index contributed by atoms with van der Waals surface area (Å²) < 4.78 is 0. The van der Waals surface area contributed by atoms with E-state index in [0.717, 1.165) is 0 Å². The predicted octanol–water partition coefficient (Wildman–Crippen LogP) is -0.317. The first kappa shape index (κ1) is 11.6. The number of amides is 1. The Kier molecular flexibility index (Phi) is 3.06. The van der Waals surface area contributed by atoms with E-state index in [9.17, 15) is 9.90 Å². The zero-order valence-electron chi connectivity index (χ0n) is 8.82. The van der Waals surface area contributed by atoms with Crippen LogP contribution in [0.4, 0.5) is 0 Å². The molecule has 0 aromatic carbocycles. The lowest BCUT2D eigenvalue weighted by molar-refractivity contribution is -0.116. The molecule has 0 saturated heterocycles. The number of carbonyl (C=O) groups is 1. The van der Waals surface area contributed by atoms with Gasteiger partial charge in [0.15, 0.2) is 0 Å². The minimum atomic E-state index is -1.08. The highest BCUT2D eigenvalue weighted by Gasteiger charge is 2.35. The highest BCUT2D eigenvalue weighted by atomic mass is 16.3. The Morgan fingerprint density at radius 2 is 2.40 bits per heavy atom. The van der Waals surface area contributed by atoms with Crippen LogP contribution in [0, 0.1) is 0 Å². The average molecular weight is 209 g/mol. The predicted molar refractivity (Wildman–Crippen MR) is 58.1 cm³/mol. The van der Waals surface area contributed by atoms with Crippen LogP contribution in [0.25, 0.3) is 0 Å². The maximum absolute atomic E-state index is 11.4. The molecule has 1 heterocycles. The first-order chi connectivity index (χ1) is 6.85. The Hall–Kier alpha value is -1.46. The molecule has 0 aliphatic carbocycles. The van der Waals surface area contributed by atoms with E-state index in [1.54, 1.807) is 13.8 Å². The van der Waals surface area contributed by atoms with Gasteiger partial charge < -0.3 is 16.2 Å². The molecule has 82 valence electrons. The first-order valence-electron chi connectivity index (χ1n) is 4.54. The van der Waals surface area contributed by atoms with Gasteiger partial charge in [-0.1, -0.05) is 6.58 Å². The summed E-state index contributed by atoms with van der Waals surface area (Å²) in [6.07, 6.45) is 2.01. The summed E-state index contributed by atoms with van der Waals surface area (Å²) in [6, 6.07) is 0. The summed E-state index contributed by atoms with van der Waals surface area (Å²) in [5.41, 5.74) is 5.11. The summed E-state index contributed by atoms with van der Waals surface area (Å²) in [7, 11) is 0. The van der Waals surface area contributed by atoms with Crippen molar-refractivity contribution in [3.63, 3.8) is 0 Å². The van der Waals surface area contributed by atoms with Crippen molar-refractivity contribution in [1.29, 1.82) is 0 Å². The summed E-state index contributed by atoms with van der Waals surface area (Å²) in [4.78, 5) is 15.3. The number of aliphatic hydroxyl groups is 1. The van der Waals surface area contributed by atoms with E-state index in [-0.39, 0.29) is 11.7 Å². The number of aliphatic hydroxyl groups excluding tert-OH is 1. The molecule has 2 atom stereocenters. The number of aliphatic imine (C=N–C) groups is 1. The summed E-state index contributed by atoms with van der Waals surface area (Å²) in [6.45, 7) is 6.68. The fourth-order valence-corrected chi connectivity index (χ4v) is 1.06. The highest BCUT2D eigenvalue weighted by molar-refractivity contribution is 6.09. The van der Waals surface area contributed by atoms with Crippen LogP contribution < -0.4 is 11.1 Å². The van der Waals surface area contributed by atoms with Crippen LogP contribution in [0.3, 0.4) is 0 Å². The standard InChI is InChI=1S/C10H15N3O2/c1-6(2)8(15)13-9-10(3,11)7(14)4-5-12-9/h4-5,7,14H,1,11H2,2-3H3,(H,12,13,15). The molecule has 0 fully saturated rings. The fraction of sp³-hybridized carbons (Fsp3) is 0.400. The highest BCUT2D eigenvalue weighted by Crippen LogP contribution is 2.14. The number of nitrogens with two attached hydrogens (primary N) is 1. The molecule has 1 amide bonds. The van der Waals surface area contributed by atoms with E-state index in [0.29, 0.717) is 5.57 Å². The number of carbonyl (C=O) groups excluding carboxylic acids is 1. The molecule has 5 nitrogen and oxygen atoms in total. The molecule has 4 N–H and O–H groups in total. The smallest absolute Gasteiger partial charge is 0.251 e. The van der Waals surface area contributed by atoms with Crippen molar-refractivity contribution in [2.24, 2.45) is 10.7 Å². The van der Waals surface area contributed by atoms with Gasteiger partial charge in [-0.2, -0.15) is 0 Å². The molecule has 1 aliphatic heterocycles. The van der Waals surface area contributed by atoms with E-state index in [4.69, 9.17) is 5.73 Å². The molecule has 0 aromatic heterocycles. The monoisotopic (exact) mass is 209 g/mol. The number of amidine groups is 1. The van der Waals surface area contributed by atoms with E-state index in [1.807, 2.05) is 0 Å². The van der Waals surface area contributed by atoms with Gasteiger partial charge in [0.25, 0.3) is 5.91 Å². The number of nitrogens with zero attached hydrogens (tertiary/aromatic N) is 1. The van der Waals surface area contributed by atoms with Crippen LogP contribution in [0.1, 0.15) is 13.8 Å². The Balaban J connectivity index is 2.86. The minimum absolute atomic E-state index is 0.241. The number of hydrogen-bond acceptors (Lipinski definition) is 4. The Morgan fingerprint density at radius 1 is 1.80 bits per heavy atom. The van der Waals surface area contributed by atoms with Gasteiger partial charge in [0, 0.05) is 11.8 Å². The van der Waals surface area contributed by atoms with Gasteiger partial charge in [0.1, 0.15) is 11.4 Å². The Labute approximate surface area is 88.4 Å². The SMILES string of the molecule is C=C(C)C(=O)NC1=NC=CC(O)C1(C)N. The van der Waals surface area contributed by atoms with Crippen molar-refractivity contribution >= 4 is 11.7 Å². The molecular weight excluding hydrogens is 194 g/mol. The van der Waals surface area contributed by atoms with Crippen molar-refractivity contribution in [2.45, 2.75) is 25.5 Å². The zero-order chi connectivity index (χ0) is 11.6. The maximum atomic E-state index is 11.4. The molecule has 5 heteroatoms. The third-order valence-electron chi connectivity index (χ3n) is 2.22. The van der Waals surface area contributed by atoms with Crippen molar-refractivity contribution in [1.82, 2.24) is 5.32 Å². The average Bonchev–Trinajstić information content (AvgIpc) is 2.13. The Morgan fingerprint density at radius 3 is 2.93 bits per heavy atom. The van der Waals surface area contributed by atoms with Gasteiger partial charge in [0.2, 0.25) is 0 Å². The lowest BCUT2D eigenvalue weighted by atomic mass is 9.92. The maximum Gasteiger partial charge on any atom is 0.251 e. The second-order valence-corrected chi connectivity index (χ2v) is 3.78. The van der Waals surface area contributed by atoms with Crippen molar-refractivity contribution in [3.05, 3.63) is 24.4 Å². The molecule has 15 heavy (non-hydrogen) atoms. The molecule has 1 rings (SSSR count). The molecular formula is C10H15N3O2. The van der Waals surface area contributed by atoms with Gasteiger partial charge in [-0.05, 0) is 19.9 Å². The summed E-state index contributed by atoms with van der Waals surface area (Å²) in [5, 5.41) is 12.1. The van der Waals surface area contributed by atoms with Crippen LogP contribution in [0.15, 0.2) is 29.4 Å². The van der Waals surface area contributed by atoms with Crippen LogP contribution in [0.5, 0.6) is 0 Å². The summed E-state index contributed by atoms with van der Waals surface area (Å²) in [5.74, 6) is -0.113. The lowest BCUT2D eigenvalue weighted by Gasteiger charge is -2.31. The number of nitrogens with one attached hydrogen (secondary N) is 1. The zero-order valence-corrected chi connectivity index (χ0v) is 8.82. The van der Waals surface area contributed by atoms with Crippen LogP contribution in [-0.4, -0.2) is 28.5 Å². The topological polar surface area (TPSA) is 87.7 Å². The molecule has 0 spiro atoms. The third-order valence-corrected chi connectivity index (χ3v) is 2.22. The quantitative estimate of drug-likeness (QED) is 0.517. The van der Waals surface area contributed by atoms with Gasteiger partial charge >= 0.3 is 0 Å². The summed E-state index contributed by atoms with van der Waals surface area (Å²) >= 11 is 0. The third kappa shape index (κ3) is 2.31. The normalized spacial score (nSPS) is 29.6. The van der Waals surface area contributed by atoms with Crippen LogP contribution in [-0.2, 0) is 4.79 Å². The number of rotatable bonds is 1. The molecule has 0 aromatic rings. The van der Waals surface area contributed by atoms with Gasteiger partial charge in [-0.15, -0.1) is 0 Å². The minimum Gasteiger partial charge on any atom is -0.387 e. The van der Waals surface area contributed by atoms with Gasteiger partial charge in [-0.3, -0.25) is 4.79 Å². The van der Waals surface area contributed by atoms with Crippen LogP contribution in [0.2, 0.25) is 0 Å². The molecule has 0 radical (unpaired) electrons. The van der Waals surface area contributed by atoms with Crippen molar-refractivity contribution < 1.29 is 9.90 Å². The second-order valence-electron chi connectivity index (χ2n) is 3.78. The number of hydrogen-bond donors (Lipinski definition) is 3. The van der Waals surface area contributed by atoms with E-state index in [2.05, 4.69) is 16.9 Å². The lowest BCUT2D eigenvalue weighted by Crippen LogP contribution is -2.60. The van der Waals surface area contributed by atoms with Crippen molar-refractivity contribution in [2.75, 3.05) is 0 Å². The molecule has 0 saturated carbocycles. The van der Waals surface area contributed by atoms with Gasteiger partial charge in [-0.25, -0.2) is 4.99 Å². The Bertz CT molecular complexity index is 356. The largest absolute Gasteiger partial charge is 0.387 e. The van der Waals surface area contributed by atoms with Crippen LogP contribution >= 0.6 is 0 Å². The fourth-order valence-electron chi connectivity index (χ4n) is 1.06. The van der Waals surface area contributed by atoms with Crippen molar-refractivity contribution in [3.8, 4) is 0 Å². The van der Waals surface area contributed by atoms with E-state index < -0.39 is 11.6 Å². The van der Waals surface area contributed by atoms with E-state index >= 15 is 0 Å². The van der Waals surface area contributed by atoms with E-state index in [1.165, 1.54) is 12.3 Å². The van der Waals surface area contributed by atoms with Gasteiger partial charge in [0.05, 0.1) is 6.10 Å².